The van der Waals surface area contributed by atoms with E-state index in [1.165, 1.54) is 11.8 Å². The number of aromatic nitrogens is 2. The average Bonchev–Trinajstić information content (AvgIpc) is 2.95. The summed E-state index contributed by atoms with van der Waals surface area (Å²) in [7, 11) is 0. The Hall–Kier alpha value is -1.69. The number of fused-ring (bicyclic) bond motifs is 1. The number of rotatable bonds is 5. The minimum Gasteiger partial charge on any atom is -0.349 e. The van der Waals surface area contributed by atoms with Gasteiger partial charge in [-0.15, -0.1) is 0 Å². The van der Waals surface area contributed by atoms with Crippen molar-refractivity contribution < 1.29 is 4.79 Å². The Morgan fingerprint density at radius 2 is 1.92 bits per heavy atom. The van der Waals surface area contributed by atoms with Gasteiger partial charge in [-0.05, 0) is 42.8 Å². The highest BCUT2D eigenvalue weighted by Crippen LogP contribution is 2.22. The van der Waals surface area contributed by atoms with Crippen LogP contribution < -0.4 is 5.32 Å². The fourth-order valence-electron chi connectivity index (χ4n) is 2.28. The third-order valence-corrected chi connectivity index (χ3v) is 4.87. The number of halogens is 2. The van der Waals surface area contributed by atoms with Crippen LogP contribution in [0.4, 0.5) is 0 Å². The Balaban J connectivity index is 1.57. The third-order valence-electron chi connectivity index (χ3n) is 3.51. The van der Waals surface area contributed by atoms with Gasteiger partial charge >= 0.3 is 0 Å². The van der Waals surface area contributed by atoms with Gasteiger partial charge in [-0.2, -0.15) is 0 Å². The second kappa shape index (κ2) is 7.47. The van der Waals surface area contributed by atoms with E-state index in [1.54, 1.807) is 6.07 Å². The van der Waals surface area contributed by atoms with Crippen LogP contribution in [0, 0.1) is 0 Å². The van der Waals surface area contributed by atoms with Gasteiger partial charge in [-0.25, -0.2) is 4.98 Å². The first-order chi connectivity index (χ1) is 11.5. The Kier molecular flexibility index (Phi) is 5.33. The summed E-state index contributed by atoms with van der Waals surface area (Å²) in [6, 6.07) is 12.8. The molecule has 124 valence electrons. The maximum absolute atomic E-state index is 12.1. The van der Waals surface area contributed by atoms with Crippen LogP contribution in [0.2, 0.25) is 10.0 Å². The standard InChI is InChI=1S/C17H15Cl2N3OS/c1-10(11-2-4-12(18)5-3-11)20-16(23)9-24-17-21-14-7-6-13(19)8-15(14)22-17/h2-8,10H,9H2,1H3,(H,20,23)(H,21,22). The average molecular weight is 380 g/mol. The van der Waals surface area contributed by atoms with E-state index in [-0.39, 0.29) is 17.7 Å². The highest BCUT2D eigenvalue weighted by molar-refractivity contribution is 7.99. The molecule has 0 aliphatic heterocycles. The van der Waals surface area contributed by atoms with E-state index >= 15 is 0 Å². The van der Waals surface area contributed by atoms with Crippen LogP contribution in [0.25, 0.3) is 11.0 Å². The fourth-order valence-corrected chi connectivity index (χ4v) is 3.27. The molecule has 1 heterocycles. The van der Waals surface area contributed by atoms with E-state index < -0.39 is 0 Å². The first-order valence-corrected chi connectivity index (χ1v) is 9.08. The van der Waals surface area contributed by atoms with Crippen LogP contribution in [-0.2, 0) is 4.79 Å². The van der Waals surface area contributed by atoms with Crippen molar-refractivity contribution in [2.45, 2.75) is 18.1 Å². The van der Waals surface area contributed by atoms with Gasteiger partial charge in [0, 0.05) is 10.0 Å². The second-order valence-electron chi connectivity index (χ2n) is 5.33. The number of carbonyl (C=O) groups is 1. The van der Waals surface area contributed by atoms with Crippen LogP contribution in [0.3, 0.4) is 0 Å². The van der Waals surface area contributed by atoms with Gasteiger partial charge in [-0.1, -0.05) is 47.1 Å². The molecule has 1 aromatic heterocycles. The molecule has 4 nitrogen and oxygen atoms in total. The van der Waals surface area contributed by atoms with Crippen molar-refractivity contribution in [1.29, 1.82) is 0 Å². The molecule has 0 spiro atoms. The van der Waals surface area contributed by atoms with Gasteiger partial charge in [0.2, 0.25) is 5.91 Å². The lowest BCUT2D eigenvalue weighted by Crippen LogP contribution is -2.28. The predicted molar refractivity (Wildman–Crippen MR) is 99.8 cm³/mol. The van der Waals surface area contributed by atoms with Crippen molar-refractivity contribution in [3.8, 4) is 0 Å². The summed E-state index contributed by atoms with van der Waals surface area (Å²) < 4.78 is 0. The molecule has 1 atom stereocenters. The Morgan fingerprint density at radius 1 is 1.21 bits per heavy atom. The summed E-state index contributed by atoms with van der Waals surface area (Å²) >= 11 is 13.2. The lowest BCUT2D eigenvalue weighted by Gasteiger charge is -2.14. The Bertz CT molecular complexity index is 864. The molecule has 0 saturated carbocycles. The number of H-pyrrole nitrogens is 1. The van der Waals surface area contributed by atoms with Crippen molar-refractivity contribution in [2.75, 3.05) is 5.75 Å². The Labute approximate surface area is 153 Å². The molecule has 0 bridgehead atoms. The molecule has 0 fully saturated rings. The van der Waals surface area contributed by atoms with Crippen LogP contribution in [0.1, 0.15) is 18.5 Å². The maximum Gasteiger partial charge on any atom is 0.230 e. The number of hydrogen-bond acceptors (Lipinski definition) is 3. The normalized spacial score (nSPS) is 12.3. The van der Waals surface area contributed by atoms with Crippen molar-refractivity contribution >= 4 is 51.9 Å². The molecule has 1 amide bonds. The highest BCUT2D eigenvalue weighted by Gasteiger charge is 2.11. The zero-order valence-corrected chi connectivity index (χ0v) is 15.2. The maximum atomic E-state index is 12.1. The minimum absolute atomic E-state index is 0.0547. The van der Waals surface area contributed by atoms with Gasteiger partial charge in [0.25, 0.3) is 0 Å². The zero-order chi connectivity index (χ0) is 17.1. The number of aromatic amines is 1. The Morgan fingerprint density at radius 3 is 2.67 bits per heavy atom. The van der Waals surface area contributed by atoms with Crippen LogP contribution in [-0.4, -0.2) is 21.6 Å². The van der Waals surface area contributed by atoms with E-state index in [1.807, 2.05) is 43.3 Å². The lowest BCUT2D eigenvalue weighted by molar-refractivity contribution is -0.119. The first kappa shape index (κ1) is 17.1. The largest absolute Gasteiger partial charge is 0.349 e. The SMILES string of the molecule is CC(NC(=O)CSc1nc2ccc(Cl)cc2[nH]1)c1ccc(Cl)cc1. The number of thioether (sulfide) groups is 1. The lowest BCUT2D eigenvalue weighted by atomic mass is 10.1. The van der Waals surface area contributed by atoms with Crippen LogP contribution in [0.5, 0.6) is 0 Å². The molecule has 0 aliphatic carbocycles. The van der Waals surface area contributed by atoms with E-state index in [9.17, 15) is 4.79 Å². The van der Waals surface area contributed by atoms with E-state index in [0.717, 1.165) is 16.6 Å². The first-order valence-electron chi connectivity index (χ1n) is 7.34. The molecule has 2 aromatic carbocycles. The molecular weight excluding hydrogens is 365 g/mol. The zero-order valence-electron chi connectivity index (χ0n) is 12.8. The molecule has 0 saturated heterocycles. The minimum atomic E-state index is -0.0788. The smallest absolute Gasteiger partial charge is 0.230 e. The van der Waals surface area contributed by atoms with E-state index in [4.69, 9.17) is 23.2 Å². The van der Waals surface area contributed by atoms with Crippen LogP contribution in [0.15, 0.2) is 47.6 Å². The van der Waals surface area contributed by atoms with E-state index in [2.05, 4.69) is 15.3 Å². The van der Waals surface area contributed by atoms with Crippen molar-refractivity contribution in [3.63, 3.8) is 0 Å². The van der Waals surface area contributed by atoms with Gasteiger partial charge in [-0.3, -0.25) is 4.79 Å². The predicted octanol–water partition coefficient (Wildman–Crippen LogP) is 4.84. The summed E-state index contributed by atoms with van der Waals surface area (Å²) in [4.78, 5) is 19.7. The van der Waals surface area contributed by atoms with Gasteiger partial charge in [0.05, 0.1) is 22.8 Å². The molecule has 0 aliphatic rings. The topological polar surface area (TPSA) is 57.8 Å². The van der Waals surface area contributed by atoms with Gasteiger partial charge in [0.15, 0.2) is 5.16 Å². The van der Waals surface area contributed by atoms with Gasteiger partial charge < -0.3 is 10.3 Å². The second-order valence-corrected chi connectivity index (χ2v) is 7.17. The quantitative estimate of drug-likeness (QED) is 0.623. The molecular formula is C17H15Cl2N3OS. The third kappa shape index (κ3) is 4.23. The number of nitrogens with zero attached hydrogens (tertiary/aromatic N) is 1. The number of amides is 1. The summed E-state index contributed by atoms with van der Waals surface area (Å²) in [6.07, 6.45) is 0. The molecule has 1 unspecified atom stereocenters. The van der Waals surface area contributed by atoms with E-state index in [0.29, 0.717) is 15.2 Å². The molecule has 24 heavy (non-hydrogen) atoms. The van der Waals surface area contributed by atoms with Gasteiger partial charge in [0.1, 0.15) is 0 Å². The molecule has 0 radical (unpaired) electrons. The number of benzene rings is 2. The molecule has 3 aromatic rings. The summed E-state index contributed by atoms with van der Waals surface area (Å²) in [6.45, 7) is 1.94. The summed E-state index contributed by atoms with van der Waals surface area (Å²) in [5.41, 5.74) is 2.70. The number of carbonyl (C=O) groups excluding carboxylic acids is 1. The van der Waals surface area contributed by atoms with Crippen molar-refractivity contribution in [3.05, 3.63) is 58.1 Å². The fraction of sp³-hybridized carbons (Fsp3) is 0.176. The number of hydrogen-bond donors (Lipinski definition) is 2. The number of imidazole rings is 1. The van der Waals surface area contributed by atoms with Crippen molar-refractivity contribution in [2.24, 2.45) is 0 Å². The van der Waals surface area contributed by atoms with Crippen molar-refractivity contribution in [1.82, 2.24) is 15.3 Å². The molecule has 2 N–H and O–H groups in total. The summed E-state index contributed by atoms with van der Waals surface area (Å²) in [5.74, 6) is 0.229. The molecule has 7 heteroatoms. The van der Waals surface area contributed by atoms with Crippen LogP contribution >= 0.6 is 35.0 Å². The number of nitrogens with one attached hydrogen (secondary N) is 2. The monoisotopic (exact) mass is 379 g/mol. The molecule has 3 rings (SSSR count). The highest BCUT2D eigenvalue weighted by atomic mass is 35.5. The summed E-state index contributed by atoms with van der Waals surface area (Å²) in [5, 5.41) is 4.99.